The zero-order valence-corrected chi connectivity index (χ0v) is 18.3. The van der Waals surface area contributed by atoms with E-state index in [2.05, 4.69) is 40.8 Å². The molecule has 2 aromatic heterocycles. The molecule has 1 aromatic carbocycles. The van der Waals surface area contributed by atoms with Gasteiger partial charge in [0, 0.05) is 42.3 Å². The average Bonchev–Trinajstić information content (AvgIpc) is 3.43. The van der Waals surface area contributed by atoms with E-state index in [1.807, 2.05) is 24.5 Å². The molecule has 0 spiro atoms. The van der Waals surface area contributed by atoms with Crippen molar-refractivity contribution in [3.8, 4) is 11.3 Å². The molecule has 0 radical (unpaired) electrons. The molecule has 0 bridgehead atoms. The molecular weight excluding hydrogens is 439 g/mol. The number of hydrogen-bond donors (Lipinski definition) is 2. The maximum Gasteiger partial charge on any atom is 0.490 e. The van der Waals surface area contributed by atoms with Gasteiger partial charge in [0.2, 0.25) is 0 Å². The smallest absolute Gasteiger partial charge is 0.475 e. The number of carboxylic acid groups (broad SMARTS) is 1. The number of fused-ring (bicyclic) bond motifs is 1. The molecule has 4 rings (SSSR count). The van der Waals surface area contributed by atoms with E-state index in [0.717, 1.165) is 24.2 Å². The lowest BCUT2D eigenvalue weighted by Gasteiger charge is -2.15. The summed E-state index contributed by atoms with van der Waals surface area (Å²) in [5, 5.41) is 14.1. The normalized spacial score (nSPS) is 13.8. The molecule has 170 valence electrons. The van der Waals surface area contributed by atoms with Crippen molar-refractivity contribution in [1.29, 1.82) is 0 Å². The summed E-state index contributed by atoms with van der Waals surface area (Å²) in [6.45, 7) is 3.20. The summed E-state index contributed by atoms with van der Waals surface area (Å²) in [5.41, 5.74) is 6.68. The number of carboxylic acids is 1. The van der Waals surface area contributed by atoms with Crippen molar-refractivity contribution in [1.82, 2.24) is 15.3 Å². The van der Waals surface area contributed by atoms with Crippen LogP contribution in [0.5, 0.6) is 0 Å². The minimum absolute atomic E-state index is 0.380. The van der Waals surface area contributed by atoms with Gasteiger partial charge in [-0.05, 0) is 55.0 Å². The number of rotatable bonds is 6. The average molecular weight is 464 g/mol. The lowest BCUT2D eigenvalue weighted by molar-refractivity contribution is -0.192. The van der Waals surface area contributed by atoms with Crippen LogP contribution in [0.3, 0.4) is 0 Å². The maximum absolute atomic E-state index is 10.6. The number of halogens is 3. The number of carbonyl (C=O) groups is 1. The molecule has 3 aromatic rings. The zero-order valence-electron chi connectivity index (χ0n) is 17.5. The predicted octanol–water partition coefficient (Wildman–Crippen LogP) is 5.22. The predicted molar refractivity (Wildman–Crippen MR) is 118 cm³/mol. The topological polar surface area (TPSA) is 75.1 Å². The fourth-order valence-corrected chi connectivity index (χ4v) is 4.26. The summed E-state index contributed by atoms with van der Waals surface area (Å²) in [6.07, 6.45) is 3.31. The van der Waals surface area contributed by atoms with Gasteiger partial charge in [0.1, 0.15) is 0 Å². The van der Waals surface area contributed by atoms with E-state index in [0.29, 0.717) is 6.04 Å². The minimum Gasteiger partial charge on any atom is -0.475 e. The molecule has 0 amide bonds. The van der Waals surface area contributed by atoms with Gasteiger partial charge in [-0.1, -0.05) is 18.2 Å². The Morgan fingerprint density at radius 1 is 1.19 bits per heavy atom. The van der Waals surface area contributed by atoms with Crippen LogP contribution in [0.15, 0.2) is 48.1 Å². The molecule has 5 nitrogen and oxygen atoms in total. The molecule has 0 fully saturated rings. The SMILES string of the molecule is CC(NCCc1nc(-c2ccncc2)cs1)c1ccc2c(c1)CCC2.O=C(O)C(F)(F)F. The highest BCUT2D eigenvalue weighted by atomic mass is 32.1. The second-order valence-electron chi connectivity index (χ2n) is 7.47. The molecule has 0 aliphatic heterocycles. The highest BCUT2D eigenvalue weighted by Crippen LogP contribution is 2.25. The summed E-state index contributed by atoms with van der Waals surface area (Å²) in [6, 6.07) is 11.4. The quantitative estimate of drug-likeness (QED) is 0.524. The summed E-state index contributed by atoms with van der Waals surface area (Å²) in [7, 11) is 0. The number of nitrogens with zero attached hydrogens (tertiary/aromatic N) is 2. The molecule has 2 N–H and O–H groups in total. The molecule has 1 aliphatic rings. The van der Waals surface area contributed by atoms with Crippen LogP contribution < -0.4 is 5.32 Å². The van der Waals surface area contributed by atoms with Gasteiger partial charge in [-0.25, -0.2) is 9.78 Å². The zero-order chi connectivity index (χ0) is 23.1. The lowest BCUT2D eigenvalue weighted by atomic mass is 10.0. The molecule has 2 heterocycles. The van der Waals surface area contributed by atoms with Gasteiger partial charge in [0.05, 0.1) is 10.7 Å². The Hall–Kier alpha value is -2.78. The molecular formula is C23H24F3N3O2S. The number of pyridine rings is 1. The van der Waals surface area contributed by atoms with Crippen molar-refractivity contribution in [2.24, 2.45) is 0 Å². The molecule has 1 atom stereocenters. The Morgan fingerprint density at radius 3 is 2.56 bits per heavy atom. The summed E-state index contributed by atoms with van der Waals surface area (Å²) < 4.78 is 31.7. The van der Waals surface area contributed by atoms with Crippen molar-refractivity contribution < 1.29 is 23.1 Å². The third-order valence-electron chi connectivity index (χ3n) is 5.18. The van der Waals surface area contributed by atoms with Crippen molar-refractivity contribution in [2.75, 3.05) is 6.54 Å². The van der Waals surface area contributed by atoms with E-state index in [9.17, 15) is 13.2 Å². The summed E-state index contributed by atoms with van der Waals surface area (Å²) in [5.74, 6) is -2.76. The number of nitrogens with one attached hydrogen (secondary N) is 1. The third kappa shape index (κ3) is 6.61. The molecule has 9 heteroatoms. The lowest BCUT2D eigenvalue weighted by Crippen LogP contribution is -2.21. The van der Waals surface area contributed by atoms with E-state index in [1.54, 1.807) is 22.5 Å². The first-order chi connectivity index (χ1) is 15.2. The van der Waals surface area contributed by atoms with Crippen LogP contribution in [0, 0.1) is 0 Å². The van der Waals surface area contributed by atoms with E-state index in [4.69, 9.17) is 14.9 Å². The van der Waals surface area contributed by atoms with Crippen LogP contribution >= 0.6 is 11.3 Å². The maximum atomic E-state index is 10.6. The van der Waals surface area contributed by atoms with E-state index in [1.165, 1.54) is 29.8 Å². The molecule has 0 saturated heterocycles. The second kappa shape index (κ2) is 10.7. The van der Waals surface area contributed by atoms with Gasteiger partial charge < -0.3 is 10.4 Å². The number of aromatic nitrogens is 2. The van der Waals surface area contributed by atoms with Gasteiger partial charge in [-0.15, -0.1) is 11.3 Å². The minimum atomic E-state index is -5.08. The molecule has 32 heavy (non-hydrogen) atoms. The van der Waals surface area contributed by atoms with Crippen molar-refractivity contribution in [3.63, 3.8) is 0 Å². The fourth-order valence-electron chi connectivity index (χ4n) is 3.46. The number of thiazole rings is 1. The van der Waals surface area contributed by atoms with Crippen LogP contribution in [-0.2, 0) is 24.1 Å². The number of aryl methyl sites for hydroxylation is 2. The molecule has 0 saturated carbocycles. The highest BCUT2D eigenvalue weighted by molar-refractivity contribution is 7.09. The Bertz CT molecular complexity index is 1040. The first-order valence-corrected chi connectivity index (χ1v) is 11.1. The number of benzene rings is 1. The first-order valence-electron chi connectivity index (χ1n) is 10.2. The van der Waals surface area contributed by atoms with Gasteiger partial charge in [-0.2, -0.15) is 13.2 Å². The van der Waals surface area contributed by atoms with Crippen molar-refractivity contribution >= 4 is 17.3 Å². The van der Waals surface area contributed by atoms with Crippen LogP contribution in [0.25, 0.3) is 11.3 Å². The molecule has 1 aliphatic carbocycles. The number of hydrogen-bond acceptors (Lipinski definition) is 5. The molecule has 1 unspecified atom stereocenters. The summed E-state index contributed by atoms with van der Waals surface area (Å²) in [4.78, 5) is 17.7. The Kier molecular flexibility index (Phi) is 7.98. The second-order valence-corrected chi connectivity index (χ2v) is 8.42. The standard InChI is InChI=1S/C21H23N3S.C2HF3O2/c1-15(18-6-5-16-3-2-4-19(16)13-18)23-12-9-21-24-20(14-25-21)17-7-10-22-11-8-17;3-2(4,5)1(6)7/h5-8,10-11,13-15,23H,2-4,9,12H2,1H3;(H,6,7). The van der Waals surface area contributed by atoms with Crippen molar-refractivity contribution in [3.05, 3.63) is 69.8 Å². The monoisotopic (exact) mass is 463 g/mol. The largest absolute Gasteiger partial charge is 0.490 e. The van der Waals surface area contributed by atoms with Gasteiger partial charge in [0.25, 0.3) is 0 Å². The number of alkyl halides is 3. The van der Waals surface area contributed by atoms with Crippen LogP contribution in [-0.4, -0.2) is 33.8 Å². The Labute approximate surface area is 188 Å². The van der Waals surface area contributed by atoms with Crippen molar-refractivity contribution in [2.45, 2.75) is 44.8 Å². The summed E-state index contributed by atoms with van der Waals surface area (Å²) >= 11 is 1.74. The number of aliphatic carboxylic acids is 1. The van der Waals surface area contributed by atoms with Gasteiger partial charge in [0.15, 0.2) is 0 Å². The Morgan fingerprint density at radius 2 is 1.88 bits per heavy atom. The van der Waals surface area contributed by atoms with Crippen LogP contribution in [0.1, 0.15) is 41.1 Å². The van der Waals surface area contributed by atoms with Gasteiger partial charge in [-0.3, -0.25) is 4.98 Å². The Balaban J connectivity index is 0.000000360. The van der Waals surface area contributed by atoms with Crippen LogP contribution in [0.2, 0.25) is 0 Å². The highest BCUT2D eigenvalue weighted by Gasteiger charge is 2.38. The third-order valence-corrected chi connectivity index (χ3v) is 6.09. The first kappa shape index (κ1) is 23.9. The van der Waals surface area contributed by atoms with Gasteiger partial charge >= 0.3 is 12.1 Å². The van der Waals surface area contributed by atoms with E-state index in [-0.39, 0.29) is 0 Å². The fraction of sp³-hybridized carbons (Fsp3) is 0.348. The van der Waals surface area contributed by atoms with E-state index < -0.39 is 12.1 Å². The van der Waals surface area contributed by atoms with Crippen LogP contribution in [0.4, 0.5) is 13.2 Å². The van der Waals surface area contributed by atoms with E-state index >= 15 is 0 Å².